The van der Waals surface area contributed by atoms with E-state index in [-0.39, 0.29) is 11.6 Å². The van der Waals surface area contributed by atoms with E-state index in [1.165, 1.54) is 19.3 Å². The summed E-state index contributed by atoms with van der Waals surface area (Å²) in [6, 6.07) is 0.752. The zero-order valence-electron chi connectivity index (χ0n) is 9.33. The molecule has 0 aromatic rings. The number of nitrogens with two attached hydrogens (primary N) is 1. The van der Waals surface area contributed by atoms with Crippen molar-refractivity contribution in [3.05, 3.63) is 0 Å². The van der Waals surface area contributed by atoms with Crippen LogP contribution in [0.15, 0.2) is 0 Å². The number of likely N-dealkylation sites (N-methyl/N-ethyl adjacent to an activating group) is 1. The molecule has 2 fully saturated rings. The number of rotatable bonds is 3. The van der Waals surface area contributed by atoms with Gasteiger partial charge in [-0.15, -0.1) is 0 Å². The second-order valence-corrected chi connectivity index (χ2v) is 4.77. The molecule has 2 atom stereocenters. The Morgan fingerprint density at radius 1 is 1.50 bits per heavy atom. The third-order valence-electron chi connectivity index (χ3n) is 4.34. The van der Waals surface area contributed by atoms with Crippen LogP contribution in [0.3, 0.4) is 0 Å². The van der Waals surface area contributed by atoms with E-state index in [1.54, 1.807) is 0 Å². The maximum Gasteiger partial charge on any atom is 0.0743 e. The normalized spacial score (nSPS) is 39.0. The van der Waals surface area contributed by atoms with Gasteiger partial charge in [0.05, 0.1) is 11.6 Å². The molecule has 0 bridgehead atoms. The van der Waals surface area contributed by atoms with Gasteiger partial charge in [-0.25, -0.2) is 0 Å². The zero-order chi connectivity index (χ0) is 10.2. The van der Waals surface area contributed by atoms with E-state index >= 15 is 0 Å². The van der Waals surface area contributed by atoms with Gasteiger partial charge >= 0.3 is 0 Å². The van der Waals surface area contributed by atoms with Gasteiger partial charge in [0, 0.05) is 19.2 Å². The second-order valence-electron chi connectivity index (χ2n) is 4.77. The average Bonchev–Trinajstić information content (AvgIpc) is 2.44. The van der Waals surface area contributed by atoms with Crippen LogP contribution in [0.25, 0.3) is 0 Å². The lowest BCUT2D eigenvalue weighted by Gasteiger charge is -2.47. The van der Waals surface area contributed by atoms with E-state index in [4.69, 9.17) is 10.5 Å². The first kappa shape index (κ1) is 10.4. The highest BCUT2D eigenvalue weighted by atomic mass is 16.5. The largest absolute Gasteiger partial charge is 0.376 e. The Bertz CT molecular complexity index is 205. The van der Waals surface area contributed by atoms with Crippen molar-refractivity contribution >= 4 is 0 Å². The quantitative estimate of drug-likeness (QED) is 0.734. The molecule has 0 aromatic heterocycles. The SMILES string of the molecule is CC1OCCC1(CN)N(C)C1CCC1. The Hall–Kier alpha value is -0.120. The van der Waals surface area contributed by atoms with E-state index in [0.29, 0.717) is 0 Å². The molecule has 1 aliphatic heterocycles. The first-order chi connectivity index (χ1) is 6.70. The highest BCUT2D eigenvalue weighted by Crippen LogP contribution is 2.36. The number of hydrogen-bond acceptors (Lipinski definition) is 3. The zero-order valence-corrected chi connectivity index (χ0v) is 9.33. The molecule has 0 spiro atoms. The van der Waals surface area contributed by atoms with Gasteiger partial charge in [0.2, 0.25) is 0 Å². The van der Waals surface area contributed by atoms with Crippen molar-refractivity contribution in [2.45, 2.75) is 50.3 Å². The summed E-state index contributed by atoms with van der Waals surface area (Å²) >= 11 is 0. The topological polar surface area (TPSA) is 38.5 Å². The lowest BCUT2D eigenvalue weighted by atomic mass is 9.83. The molecule has 0 aromatic carbocycles. The van der Waals surface area contributed by atoms with Crippen molar-refractivity contribution in [3.8, 4) is 0 Å². The second kappa shape index (κ2) is 3.80. The number of nitrogens with zero attached hydrogens (tertiary/aromatic N) is 1. The van der Waals surface area contributed by atoms with Gasteiger partial charge in [0.1, 0.15) is 0 Å². The molecular formula is C11H22N2O. The lowest BCUT2D eigenvalue weighted by Crippen LogP contribution is -2.61. The molecule has 2 aliphatic rings. The van der Waals surface area contributed by atoms with Crippen molar-refractivity contribution in [2.24, 2.45) is 5.73 Å². The molecule has 1 saturated carbocycles. The highest BCUT2D eigenvalue weighted by molar-refractivity contribution is 5.02. The summed E-state index contributed by atoms with van der Waals surface area (Å²) in [6.45, 7) is 3.76. The molecule has 82 valence electrons. The molecule has 2 rings (SSSR count). The average molecular weight is 198 g/mol. The fourth-order valence-electron chi connectivity index (χ4n) is 2.78. The van der Waals surface area contributed by atoms with Gasteiger partial charge in [-0.3, -0.25) is 4.90 Å². The number of hydrogen-bond donors (Lipinski definition) is 1. The molecule has 14 heavy (non-hydrogen) atoms. The minimum atomic E-state index is 0.116. The van der Waals surface area contributed by atoms with Gasteiger partial charge in [-0.05, 0) is 33.2 Å². The summed E-state index contributed by atoms with van der Waals surface area (Å²) in [5.74, 6) is 0. The fraction of sp³-hybridized carbons (Fsp3) is 1.00. The molecule has 1 saturated heterocycles. The van der Waals surface area contributed by atoms with Gasteiger partial charge in [0.15, 0.2) is 0 Å². The summed E-state index contributed by atoms with van der Waals surface area (Å²) in [7, 11) is 2.22. The van der Waals surface area contributed by atoms with Crippen LogP contribution in [0.2, 0.25) is 0 Å². The van der Waals surface area contributed by atoms with Gasteiger partial charge < -0.3 is 10.5 Å². The molecule has 0 radical (unpaired) electrons. The van der Waals surface area contributed by atoms with Crippen LogP contribution in [0.4, 0.5) is 0 Å². The Kier molecular flexibility index (Phi) is 2.82. The van der Waals surface area contributed by atoms with Crippen LogP contribution < -0.4 is 5.73 Å². The fourth-order valence-corrected chi connectivity index (χ4v) is 2.78. The third-order valence-corrected chi connectivity index (χ3v) is 4.34. The number of ether oxygens (including phenoxy) is 1. The van der Waals surface area contributed by atoms with Crippen LogP contribution in [-0.4, -0.2) is 42.8 Å². The molecule has 0 amide bonds. The van der Waals surface area contributed by atoms with Crippen molar-refractivity contribution in [1.82, 2.24) is 4.90 Å². The predicted molar refractivity (Wildman–Crippen MR) is 57.2 cm³/mol. The molecular weight excluding hydrogens is 176 g/mol. The molecule has 3 nitrogen and oxygen atoms in total. The lowest BCUT2D eigenvalue weighted by molar-refractivity contribution is -0.0132. The smallest absolute Gasteiger partial charge is 0.0743 e. The Morgan fingerprint density at radius 2 is 2.21 bits per heavy atom. The highest BCUT2D eigenvalue weighted by Gasteiger charge is 2.46. The molecule has 2 unspecified atom stereocenters. The molecule has 2 N–H and O–H groups in total. The maximum atomic E-state index is 5.96. The van der Waals surface area contributed by atoms with E-state index < -0.39 is 0 Å². The Morgan fingerprint density at radius 3 is 2.57 bits per heavy atom. The van der Waals surface area contributed by atoms with Gasteiger partial charge in [-0.1, -0.05) is 6.42 Å². The van der Waals surface area contributed by atoms with Crippen molar-refractivity contribution in [3.63, 3.8) is 0 Å². The van der Waals surface area contributed by atoms with Crippen molar-refractivity contribution < 1.29 is 4.74 Å². The van der Waals surface area contributed by atoms with Crippen LogP contribution >= 0.6 is 0 Å². The Balaban J connectivity index is 2.09. The standard InChI is InChI=1S/C11H22N2O/c1-9-11(8-12,6-7-14-9)13(2)10-4-3-5-10/h9-10H,3-8,12H2,1-2H3. The van der Waals surface area contributed by atoms with E-state index in [2.05, 4.69) is 18.9 Å². The first-order valence-corrected chi connectivity index (χ1v) is 5.75. The maximum absolute atomic E-state index is 5.96. The van der Waals surface area contributed by atoms with Crippen molar-refractivity contribution in [1.29, 1.82) is 0 Å². The summed E-state index contributed by atoms with van der Waals surface area (Å²) in [5, 5.41) is 0. The van der Waals surface area contributed by atoms with Gasteiger partial charge in [-0.2, -0.15) is 0 Å². The van der Waals surface area contributed by atoms with Crippen LogP contribution in [-0.2, 0) is 4.74 Å². The van der Waals surface area contributed by atoms with Crippen LogP contribution in [0, 0.1) is 0 Å². The minimum absolute atomic E-state index is 0.116. The van der Waals surface area contributed by atoms with Crippen LogP contribution in [0.1, 0.15) is 32.6 Å². The van der Waals surface area contributed by atoms with Crippen LogP contribution in [0.5, 0.6) is 0 Å². The summed E-state index contributed by atoms with van der Waals surface area (Å²) in [6.07, 6.45) is 5.44. The van der Waals surface area contributed by atoms with E-state index in [1.807, 2.05) is 0 Å². The van der Waals surface area contributed by atoms with E-state index in [9.17, 15) is 0 Å². The summed E-state index contributed by atoms with van der Waals surface area (Å²) in [4.78, 5) is 2.49. The van der Waals surface area contributed by atoms with Gasteiger partial charge in [0.25, 0.3) is 0 Å². The molecule has 1 heterocycles. The van der Waals surface area contributed by atoms with E-state index in [0.717, 1.165) is 25.6 Å². The predicted octanol–water partition coefficient (Wildman–Crippen LogP) is 0.977. The Labute approximate surface area is 86.6 Å². The first-order valence-electron chi connectivity index (χ1n) is 5.75. The minimum Gasteiger partial charge on any atom is -0.376 e. The van der Waals surface area contributed by atoms with Crippen molar-refractivity contribution in [2.75, 3.05) is 20.2 Å². The molecule has 3 heteroatoms. The third kappa shape index (κ3) is 1.38. The molecule has 1 aliphatic carbocycles. The summed E-state index contributed by atoms with van der Waals surface area (Å²) < 4.78 is 5.68. The monoisotopic (exact) mass is 198 g/mol. The summed E-state index contributed by atoms with van der Waals surface area (Å²) in [5.41, 5.74) is 6.07.